The van der Waals surface area contributed by atoms with Gasteiger partial charge in [0.25, 0.3) is 0 Å². The van der Waals surface area contributed by atoms with Crippen LogP contribution in [0.3, 0.4) is 0 Å². The number of nitrogens with one attached hydrogen (secondary N) is 1. The molecule has 2 rings (SSSR count). The van der Waals surface area contributed by atoms with Crippen LogP contribution in [-0.2, 0) is 0 Å². The fraction of sp³-hybridized carbons (Fsp3) is 0.600. The highest BCUT2D eigenvalue weighted by Crippen LogP contribution is 2.38. The van der Waals surface area contributed by atoms with Crippen molar-refractivity contribution in [1.82, 2.24) is 5.43 Å². The van der Waals surface area contributed by atoms with Gasteiger partial charge in [-0.3, -0.25) is 11.3 Å². The van der Waals surface area contributed by atoms with Crippen molar-refractivity contribution < 1.29 is 0 Å². The van der Waals surface area contributed by atoms with Crippen LogP contribution in [0.25, 0.3) is 0 Å². The molecule has 0 spiro atoms. The van der Waals surface area contributed by atoms with E-state index in [-0.39, 0.29) is 6.04 Å². The average molecular weight is 311 g/mol. The zero-order valence-electron chi connectivity index (χ0n) is 11.0. The second-order valence-electron chi connectivity index (χ2n) is 5.40. The first-order chi connectivity index (χ1) is 8.74. The van der Waals surface area contributed by atoms with Gasteiger partial charge in [-0.15, -0.1) is 0 Å². The van der Waals surface area contributed by atoms with Crippen LogP contribution in [0.1, 0.15) is 50.6 Å². The molecular formula is C15H23BrN2. The standard InChI is InChI=1S/C15H23BrN2/c1-2-11-5-3-6-12(9-11)15(18-17)13-7-4-8-14(16)10-13/h4,7-8,10-12,15,18H,2-3,5-6,9,17H2,1H3. The molecule has 0 heterocycles. The summed E-state index contributed by atoms with van der Waals surface area (Å²) in [5, 5.41) is 0. The van der Waals surface area contributed by atoms with Crippen molar-refractivity contribution in [3.8, 4) is 0 Å². The lowest BCUT2D eigenvalue weighted by Crippen LogP contribution is -2.35. The largest absolute Gasteiger partial charge is 0.271 e. The molecule has 18 heavy (non-hydrogen) atoms. The molecule has 3 unspecified atom stereocenters. The molecule has 3 heteroatoms. The number of rotatable bonds is 4. The normalized spacial score (nSPS) is 25.9. The lowest BCUT2D eigenvalue weighted by Gasteiger charge is -2.34. The van der Waals surface area contributed by atoms with Crippen molar-refractivity contribution in [3.05, 3.63) is 34.3 Å². The topological polar surface area (TPSA) is 38.0 Å². The lowest BCUT2D eigenvalue weighted by atomic mass is 9.75. The van der Waals surface area contributed by atoms with E-state index in [4.69, 9.17) is 5.84 Å². The van der Waals surface area contributed by atoms with E-state index >= 15 is 0 Å². The Bertz CT molecular complexity index is 381. The number of hydrazine groups is 1. The third-order valence-corrected chi connectivity index (χ3v) is 4.75. The summed E-state index contributed by atoms with van der Waals surface area (Å²) < 4.78 is 1.13. The van der Waals surface area contributed by atoms with E-state index in [1.807, 2.05) is 0 Å². The van der Waals surface area contributed by atoms with Crippen LogP contribution in [0, 0.1) is 11.8 Å². The third-order valence-electron chi connectivity index (χ3n) is 4.26. The summed E-state index contributed by atoms with van der Waals surface area (Å²) in [5.74, 6) is 7.36. The number of hydrogen-bond donors (Lipinski definition) is 2. The van der Waals surface area contributed by atoms with Crippen LogP contribution < -0.4 is 11.3 Å². The zero-order valence-corrected chi connectivity index (χ0v) is 12.6. The van der Waals surface area contributed by atoms with E-state index in [0.717, 1.165) is 10.4 Å². The second-order valence-corrected chi connectivity index (χ2v) is 6.32. The van der Waals surface area contributed by atoms with Crippen LogP contribution in [0.2, 0.25) is 0 Å². The first-order valence-electron chi connectivity index (χ1n) is 6.96. The Morgan fingerprint density at radius 3 is 2.94 bits per heavy atom. The SMILES string of the molecule is CCC1CCCC(C(NN)c2cccc(Br)c2)C1. The molecule has 1 aromatic carbocycles. The first kappa shape index (κ1) is 14.0. The van der Waals surface area contributed by atoms with E-state index in [9.17, 15) is 0 Å². The van der Waals surface area contributed by atoms with E-state index in [1.165, 1.54) is 37.7 Å². The van der Waals surface area contributed by atoms with Crippen molar-refractivity contribution in [1.29, 1.82) is 0 Å². The van der Waals surface area contributed by atoms with Gasteiger partial charge in [-0.2, -0.15) is 0 Å². The van der Waals surface area contributed by atoms with E-state index < -0.39 is 0 Å². The highest BCUT2D eigenvalue weighted by Gasteiger charge is 2.28. The molecule has 3 N–H and O–H groups in total. The smallest absolute Gasteiger partial charge is 0.0488 e. The summed E-state index contributed by atoms with van der Waals surface area (Å²) in [7, 11) is 0. The average Bonchev–Trinajstić information content (AvgIpc) is 2.40. The summed E-state index contributed by atoms with van der Waals surface area (Å²) in [6.45, 7) is 2.30. The molecular weight excluding hydrogens is 288 g/mol. The third kappa shape index (κ3) is 3.34. The molecule has 2 nitrogen and oxygen atoms in total. The Labute approximate surface area is 118 Å². The molecule has 0 amide bonds. The number of halogens is 1. The zero-order chi connectivity index (χ0) is 13.0. The number of benzene rings is 1. The summed E-state index contributed by atoms with van der Waals surface area (Å²) in [6.07, 6.45) is 6.63. The van der Waals surface area contributed by atoms with Crippen molar-refractivity contribution in [2.75, 3.05) is 0 Å². The molecule has 0 aliphatic heterocycles. The van der Waals surface area contributed by atoms with Gasteiger partial charge in [0.1, 0.15) is 0 Å². The molecule has 3 atom stereocenters. The van der Waals surface area contributed by atoms with E-state index in [2.05, 4.69) is 52.5 Å². The van der Waals surface area contributed by atoms with Crippen LogP contribution in [0.15, 0.2) is 28.7 Å². The molecule has 1 fully saturated rings. The molecule has 0 bridgehead atoms. The minimum absolute atomic E-state index is 0.289. The number of nitrogens with two attached hydrogens (primary N) is 1. The van der Waals surface area contributed by atoms with Gasteiger partial charge in [0, 0.05) is 10.5 Å². The highest BCUT2D eigenvalue weighted by molar-refractivity contribution is 9.10. The molecule has 0 saturated heterocycles. The Balaban J connectivity index is 2.12. The second kappa shape index (κ2) is 6.69. The Hall–Kier alpha value is -0.380. The minimum atomic E-state index is 0.289. The van der Waals surface area contributed by atoms with Crippen LogP contribution in [0.5, 0.6) is 0 Å². The Morgan fingerprint density at radius 2 is 2.28 bits per heavy atom. The van der Waals surface area contributed by atoms with Gasteiger partial charge in [0.05, 0.1) is 0 Å². The van der Waals surface area contributed by atoms with Crippen molar-refractivity contribution >= 4 is 15.9 Å². The molecule has 1 aliphatic rings. The van der Waals surface area contributed by atoms with Crippen LogP contribution in [-0.4, -0.2) is 0 Å². The first-order valence-corrected chi connectivity index (χ1v) is 7.75. The van der Waals surface area contributed by atoms with Crippen LogP contribution in [0.4, 0.5) is 0 Å². The molecule has 1 aliphatic carbocycles. The maximum Gasteiger partial charge on any atom is 0.0488 e. The molecule has 0 aromatic heterocycles. The van der Waals surface area contributed by atoms with Gasteiger partial charge in [-0.05, 0) is 42.4 Å². The summed E-state index contributed by atoms with van der Waals surface area (Å²) >= 11 is 3.54. The summed E-state index contributed by atoms with van der Waals surface area (Å²) in [4.78, 5) is 0. The maximum atomic E-state index is 5.81. The lowest BCUT2D eigenvalue weighted by molar-refractivity contribution is 0.210. The van der Waals surface area contributed by atoms with Gasteiger partial charge >= 0.3 is 0 Å². The predicted molar refractivity (Wildman–Crippen MR) is 79.9 cm³/mol. The monoisotopic (exact) mass is 310 g/mol. The minimum Gasteiger partial charge on any atom is -0.271 e. The number of hydrogen-bond acceptors (Lipinski definition) is 2. The van der Waals surface area contributed by atoms with Crippen molar-refractivity contribution in [3.63, 3.8) is 0 Å². The van der Waals surface area contributed by atoms with Gasteiger partial charge in [-0.1, -0.05) is 54.2 Å². The van der Waals surface area contributed by atoms with Crippen molar-refractivity contribution in [2.24, 2.45) is 17.7 Å². The van der Waals surface area contributed by atoms with Gasteiger partial charge in [0.15, 0.2) is 0 Å². The van der Waals surface area contributed by atoms with Crippen molar-refractivity contribution in [2.45, 2.75) is 45.1 Å². The molecule has 1 aromatic rings. The highest BCUT2D eigenvalue weighted by atomic mass is 79.9. The van der Waals surface area contributed by atoms with Gasteiger partial charge in [0.2, 0.25) is 0 Å². The fourth-order valence-electron chi connectivity index (χ4n) is 3.21. The molecule has 100 valence electrons. The molecule has 0 radical (unpaired) electrons. The van der Waals surface area contributed by atoms with Gasteiger partial charge in [-0.25, -0.2) is 0 Å². The Kier molecular flexibility index (Phi) is 5.22. The van der Waals surface area contributed by atoms with E-state index in [0.29, 0.717) is 5.92 Å². The molecule has 1 saturated carbocycles. The quantitative estimate of drug-likeness (QED) is 0.647. The van der Waals surface area contributed by atoms with Crippen LogP contribution >= 0.6 is 15.9 Å². The summed E-state index contributed by atoms with van der Waals surface area (Å²) in [6, 6.07) is 8.79. The van der Waals surface area contributed by atoms with E-state index in [1.54, 1.807) is 0 Å². The summed E-state index contributed by atoms with van der Waals surface area (Å²) in [5.41, 5.74) is 4.34. The predicted octanol–water partition coefficient (Wildman–Crippen LogP) is 4.17. The maximum absolute atomic E-state index is 5.81. The Morgan fingerprint density at radius 1 is 1.44 bits per heavy atom. The fourth-order valence-corrected chi connectivity index (χ4v) is 3.63. The van der Waals surface area contributed by atoms with Gasteiger partial charge < -0.3 is 0 Å².